The third kappa shape index (κ3) is 2.14. The highest BCUT2D eigenvalue weighted by atomic mass is 16.5. The van der Waals surface area contributed by atoms with Gasteiger partial charge < -0.3 is 9.84 Å². The van der Waals surface area contributed by atoms with Gasteiger partial charge in [0.2, 0.25) is 0 Å². The lowest BCUT2D eigenvalue weighted by atomic mass is 9.97. The van der Waals surface area contributed by atoms with E-state index in [4.69, 9.17) is 9.84 Å². The molecule has 0 bridgehead atoms. The van der Waals surface area contributed by atoms with Crippen LogP contribution in [0, 0.1) is 0 Å². The van der Waals surface area contributed by atoms with E-state index in [1.54, 1.807) is 0 Å². The van der Waals surface area contributed by atoms with Crippen LogP contribution < -0.4 is 0 Å². The summed E-state index contributed by atoms with van der Waals surface area (Å²) in [4.78, 5) is 0. The van der Waals surface area contributed by atoms with Gasteiger partial charge in [-0.05, 0) is 24.0 Å². The molecule has 2 rings (SSSR count). The fourth-order valence-corrected chi connectivity index (χ4v) is 1.88. The molecule has 0 amide bonds. The molecule has 1 saturated heterocycles. The molecule has 1 aliphatic rings. The predicted octanol–water partition coefficient (Wildman–Crippen LogP) is 1.73. The van der Waals surface area contributed by atoms with E-state index in [2.05, 4.69) is 24.3 Å². The maximum atomic E-state index is 8.78. The Morgan fingerprint density at radius 3 is 2.64 bits per heavy atom. The zero-order valence-corrected chi connectivity index (χ0v) is 8.28. The Morgan fingerprint density at radius 1 is 1.29 bits per heavy atom. The zero-order chi connectivity index (χ0) is 9.80. The second-order valence-corrected chi connectivity index (χ2v) is 3.78. The summed E-state index contributed by atoms with van der Waals surface area (Å²) >= 11 is 0. The Morgan fingerprint density at radius 2 is 2.07 bits per heavy atom. The van der Waals surface area contributed by atoms with E-state index in [0.717, 1.165) is 26.1 Å². The molecule has 0 radical (unpaired) electrons. The summed E-state index contributed by atoms with van der Waals surface area (Å²) in [7, 11) is 0. The van der Waals surface area contributed by atoms with Gasteiger partial charge >= 0.3 is 0 Å². The Labute approximate surface area is 84.5 Å². The minimum Gasteiger partial charge on any atom is -0.396 e. The molecular formula is C12H16O2. The Hall–Kier alpha value is -0.860. The van der Waals surface area contributed by atoms with Gasteiger partial charge in [-0.15, -0.1) is 0 Å². The number of aliphatic hydroxyl groups excluding tert-OH is 1. The molecule has 1 aromatic carbocycles. The van der Waals surface area contributed by atoms with E-state index in [-0.39, 0.29) is 6.61 Å². The SMILES string of the molecule is OCCc1ccc(C2CCOC2)cc1. The van der Waals surface area contributed by atoms with Crippen molar-refractivity contribution in [2.45, 2.75) is 18.8 Å². The molecular weight excluding hydrogens is 176 g/mol. The zero-order valence-electron chi connectivity index (χ0n) is 8.28. The molecule has 2 nitrogen and oxygen atoms in total. The number of hydrogen-bond acceptors (Lipinski definition) is 2. The van der Waals surface area contributed by atoms with Crippen molar-refractivity contribution in [3.05, 3.63) is 35.4 Å². The Kier molecular flexibility index (Phi) is 3.17. The molecule has 14 heavy (non-hydrogen) atoms. The summed E-state index contributed by atoms with van der Waals surface area (Å²) < 4.78 is 5.35. The van der Waals surface area contributed by atoms with E-state index in [0.29, 0.717) is 5.92 Å². The summed E-state index contributed by atoms with van der Waals surface area (Å²) in [6.45, 7) is 1.98. The van der Waals surface area contributed by atoms with Gasteiger partial charge in [-0.2, -0.15) is 0 Å². The molecule has 1 atom stereocenters. The molecule has 0 aliphatic carbocycles. The number of rotatable bonds is 3. The first kappa shape index (κ1) is 9.69. The number of ether oxygens (including phenoxy) is 1. The maximum absolute atomic E-state index is 8.78. The van der Waals surface area contributed by atoms with Crippen molar-refractivity contribution >= 4 is 0 Å². The summed E-state index contributed by atoms with van der Waals surface area (Å²) in [6, 6.07) is 8.52. The third-order valence-corrected chi connectivity index (χ3v) is 2.78. The molecule has 1 fully saturated rings. The first-order valence-electron chi connectivity index (χ1n) is 5.17. The monoisotopic (exact) mass is 192 g/mol. The van der Waals surface area contributed by atoms with Gasteiger partial charge in [0.15, 0.2) is 0 Å². The fraction of sp³-hybridized carbons (Fsp3) is 0.500. The van der Waals surface area contributed by atoms with Crippen molar-refractivity contribution in [1.82, 2.24) is 0 Å². The van der Waals surface area contributed by atoms with E-state index >= 15 is 0 Å². The molecule has 0 saturated carbocycles. The summed E-state index contributed by atoms with van der Waals surface area (Å²) in [5.74, 6) is 0.582. The largest absolute Gasteiger partial charge is 0.396 e. The lowest BCUT2D eigenvalue weighted by Crippen LogP contribution is -1.98. The first-order valence-corrected chi connectivity index (χ1v) is 5.17. The van der Waals surface area contributed by atoms with Gasteiger partial charge in [-0.3, -0.25) is 0 Å². The topological polar surface area (TPSA) is 29.5 Å². The van der Waals surface area contributed by atoms with Gasteiger partial charge in [0.05, 0.1) is 6.61 Å². The van der Waals surface area contributed by atoms with Crippen molar-refractivity contribution < 1.29 is 9.84 Å². The van der Waals surface area contributed by atoms with Crippen LogP contribution in [0.4, 0.5) is 0 Å². The average Bonchev–Trinajstić information content (AvgIpc) is 2.72. The smallest absolute Gasteiger partial charge is 0.0535 e. The van der Waals surface area contributed by atoms with Crippen LogP contribution in [-0.2, 0) is 11.2 Å². The predicted molar refractivity (Wildman–Crippen MR) is 55.4 cm³/mol. The number of hydrogen-bond donors (Lipinski definition) is 1. The van der Waals surface area contributed by atoms with E-state index in [9.17, 15) is 0 Å². The van der Waals surface area contributed by atoms with Crippen molar-refractivity contribution in [3.63, 3.8) is 0 Å². The molecule has 1 unspecified atom stereocenters. The van der Waals surface area contributed by atoms with Gasteiger partial charge in [0, 0.05) is 19.1 Å². The Bertz CT molecular complexity index is 273. The Balaban J connectivity index is 2.05. The maximum Gasteiger partial charge on any atom is 0.0535 e. The van der Waals surface area contributed by atoms with Crippen LogP contribution in [0.3, 0.4) is 0 Å². The average molecular weight is 192 g/mol. The molecule has 2 heteroatoms. The van der Waals surface area contributed by atoms with E-state index < -0.39 is 0 Å². The van der Waals surface area contributed by atoms with Crippen molar-refractivity contribution in [3.8, 4) is 0 Å². The lowest BCUT2D eigenvalue weighted by molar-refractivity contribution is 0.194. The number of aliphatic hydroxyl groups is 1. The molecule has 76 valence electrons. The highest BCUT2D eigenvalue weighted by Gasteiger charge is 2.16. The van der Waals surface area contributed by atoms with Crippen LogP contribution in [-0.4, -0.2) is 24.9 Å². The summed E-state index contributed by atoms with van der Waals surface area (Å²) in [5, 5.41) is 8.78. The number of benzene rings is 1. The van der Waals surface area contributed by atoms with E-state index in [1.165, 1.54) is 11.1 Å². The summed E-state index contributed by atoms with van der Waals surface area (Å²) in [6.07, 6.45) is 1.89. The molecule has 1 aliphatic heterocycles. The van der Waals surface area contributed by atoms with Crippen LogP contribution >= 0.6 is 0 Å². The normalized spacial score (nSPS) is 21.4. The standard InChI is InChI=1S/C12H16O2/c13-7-5-10-1-3-11(4-2-10)12-6-8-14-9-12/h1-4,12-13H,5-9H2. The highest BCUT2D eigenvalue weighted by molar-refractivity contribution is 5.26. The van der Waals surface area contributed by atoms with Gasteiger partial charge in [0.25, 0.3) is 0 Å². The summed E-state index contributed by atoms with van der Waals surface area (Å²) in [5.41, 5.74) is 2.57. The van der Waals surface area contributed by atoms with E-state index in [1.807, 2.05) is 0 Å². The van der Waals surface area contributed by atoms with Crippen LogP contribution in [0.5, 0.6) is 0 Å². The molecule has 1 aromatic rings. The van der Waals surface area contributed by atoms with Crippen LogP contribution in [0.2, 0.25) is 0 Å². The van der Waals surface area contributed by atoms with Crippen LogP contribution in [0.15, 0.2) is 24.3 Å². The molecule has 0 aromatic heterocycles. The fourth-order valence-electron chi connectivity index (χ4n) is 1.88. The lowest BCUT2D eigenvalue weighted by Gasteiger charge is -2.08. The van der Waals surface area contributed by atoms with Crippen LogP contribution in [0.1, 0.15) is 23.5 Å². The second kappa shape index (κ2) is 4.58. The van der Waals surface area contributed by atoms with Crippen molar-refractivity contribution in [2.24, 2.45) is 0 Å². The quantitative estimate of drug-likeness (QED) is 0.790. The van der Waals surface area contributed by atoms with Gasteiger partial charge in [-0.25, -0.2) is 0 Å². The minimum atomic E-state index is 0.228. The minimum absolute atomic E-state index is 0.228. The third-order valence-electron chi connectivity index (χ3n) is 2.78. The molecule has 0 spiro atoms. The second-order valence-electron chi connectivity index (χ2n) is 3.78. The first-order chi connectivity index (χ1) is 6.90. The molecule has 1 heterocycles. The van der Waals surface area contributed by atoms with Crippen molar-refractivity contribution in [1.29, 1.82) is 0 Å². The highest BCUT2D eigenvalue weighted by Crippen LogP contribution is 2.25. The van der Waals surface area contributed by atoms with Gasteiger partial charge in [0.1, 0.15) is 0 Å². The van der Waals surface area contributed by atoms with Crippen molar-refractivity contribution in [2.75, 3.05) is 19.8 Å². The molecule has 1 N–H and O–H groups in total. The van der Waals surface area contributed by atoms with Gasteiger partial charge in [-0.1, -0.05) is 24.3 Å². The van der Waals surface area contributed by atoms with Crippen LogP contribution in [0.25, 0.3) is 0 Å².